The molecule has 0 bridgehead atoms. The van der Waals surface area contributed by atoms with Gasteiger partial charge in [0.1, 0.15) is 10.7 Å². The number of aryl methyl sites for hydroxylation is 3. The summed E-state index contributed by atoms with van der Waals surface area (Å²) < 4.78 is 11.6. The molecular formula is C18H19N5O4S. The van der Waals surface area contributed by atoms with Crippen molar-refractivity contribution >= 4 is 22.4 Å². The number of nitrogens with zero attached hydrogens (tertiary/aromatic N) is 4. The topological polar surface area (TPSA) is 108 Å². The van der Waals surface area contributed by atoms with Crippen molar-refractivity contribution < 1.29 is 14.3 Å². The lowest BCUT2D eigenvalue weighted by molar-refractivity contribution is 0.102. The number of carbonyl (C=O) groups is 1. The monoisotopic (exact) mass is 401 g/mol. The van der Waals surface area contributed by atoms with Crippen molar-refractivity contribution in [2.24, 2.45) is 7.05 Å². The molecule has 1 aromatic carbocycles. The van der Waals surface area contributed by atoms with Gasteiger partial charge in [-0.3, -0.25) is 14.9 Å². The van der Waals surface area contributed by atoms with Gasteiger partial charge >= 0.3 is 0 Å². The number of carbonyl (C=O) groups excluding carboxylic acids is 1. The molecule has 2 heterocycles. The van der Waals surface area contributed by atoms with Crippen LogP contribution in [0.2, 0.25) is 0 Å². The maximum Gasteiger partial charge on any atom is 0.277 e. The fourth-order valence-electron chi connectivity index (χ4n) is 2.48. The normalized spacial score (nSPS) is 10.5. The minimum atomic E-state index is -0.446. The van der Waals surface area contributed by atoms with E-state index in [1.54, 1.807) is 14.2 Å². The van der Waals surface area contributed by atoms with Crippen molar-refractivity contribution in [1.29, 1.82) is 0 Å². The second kappa shape index (κ2) is 8.61. The fraction of sp³-hybridized carbons (Fsp3) is 0.278. The van der Waals surface area contributed by atoms with E-state index in [0.717, 1.165) is 21.7 Å². The predicted molar refractivity (Wildman–Crippen MR) is 104 cm³/mol. The summed E-state index contributed by atoms with van der Waals surface area (Å²) in [4.78, 5) is 23.6. The maximum absolute atomic E-state index is 12.2. The third-order valence-electron chi connectivity index (χ3n) is 3.96. The lowest BCUT2D eigenvalue weighted by atomic mass is 10.1. The first-order chi connectivity index (χ1) is 13.5. The highest BCUT2D eigenvalue weighted by Crippen LogP contribution is 2.28. The number of rotatable bonds is 7. The number of hydrogen-bond acceptors (Lipinski definition) is 8. The van der Waals surface area contributed by atoms with Gasteiger partial charge < -0.3 is 9.47 Å². The van der Waals surface area contributed by atoms with Crippen molar-refractivity contribution in [3.63, 3.8) is 0 Å². The van der Waals surface area contributed by atoms with Crippen LogP contribution in [0.3, 0.4) is 0 Å². The first-order valence-corrected chi connectivity index (χ1v) is 9.21. The number of ether oxygens (including phenoxy) is 2. The van der Waals surface area contributed by atoms with Gasteiger partial charge in [0.05, 0.1) is 14.2 Å². The van der Waals surface area contributed by atoms with E-state index in [4.69, 9.17) is 9.47 Å². The Hall–Kier alpha value is -3.27. The predicted octanol–water partition coefficient (Wildman–Crippen LogP) is 1.69. The summed E-state index contributed by atoms with van der Waals surface area (Å²) in [5, 5.41) is 15.8. The van der Waals surface area contributed by atoms with E-state index in [0.29, 0.717) is 23.1 Å². The molecule has 0 aliphatic rings. The third kappa shape index (κ3) is 4.52. The van der Waals surface area contributed by atoms with Gasteiger partial charge in [-0.05, 0) is 30.2 Å². The Morgan fingerprint density at radius 3 is 2.61 bits per heavy atom. The summed E-state index contributed by atoms with van der Waals surface area (Å²) in [6.07, 6.45) is 1.41. The highest BCUT2D eigenvalue weighted by Gasteiger charge is 2.13. The van der Waals surface area contributed by atoms with E-state index in [-0.39, 0.29) is 11.3 Å². The van der Waals surface area contributed by atoms with E-state index in [2.05, 4.69) is 20.6 Å². The second-order valence-electron chi connectivity index (χ2n) is 5.82. The molecular weight excluding hydrogens is 382 g/mol. The summed E-state index contributed by atoms with van der Waals surface area (Å²) in [5.74, 6) is 0.910. The van der Waals surface area contributed by atoms with Crippen LogP contribution in [-0.2, 0) is 19.9 Å². The Balaban J connectivity index is 1.62. The number of nitrogens with one attached hydrogen (secondary N) is 1. The molecule has 146 valence electrons. The molecule has 3 aromatic rings. The second-order valence-corrected chi connectivity index (χ2v) is 6.89. The first-order valence-electron chi connectivity index (χ1n) is 8.39. The Labute approximate surface area is 165 Å². The molecule has 0 saturated heterocycles. The van der Waals surface area contributed by atoms with E-state index in [9.17, 15) is 9.59 Å². The minimum Gasteiger partial charge on any atom is -0.493 e. The van der Waals surface area contributed by atoms with Gasteiger partial charge in [0, 0.05) is 19.5 Å². The van der Waals surface area contributed by atoms with Gasteiger partial charge in [-0.15, -0.1) is 10.2 Å². The Kier molecular flexibility index (Phi) is 5.99. The average Bonchev–Trinajstić information content (AvgIpc) is 3.15. The van der Waals surface area contributed by atoms with Crippen LogP contribution in [0.25, 0.3) is 0 Å². The van der Waals surface area contributed by atoms with Crippen molar-refractivity contribution in [3.8, 4) is 11.5 Å². The standard InChI is InChI=1S/C18H19N5O4S/c1-23-16(24)9-6-12(22-23)17(25)19-18-21-20-15(28-18)8-5-11-4-7-13(26-2)14(10-11)27-3/h4,6-7,9-10H,5,8H2,1-3H3,(H,19,21,25). The number of benzene rings is 1. The lowest BCUT2D eigenvalue weighted by Gasteiger charge is -2.08. The van der Waals surface area contributed by atoms with E-state index < -0.39 is 5.91 Å². The van der Waals surface area contributed by atoms with Gasteiger partial charge in [-0.25, -0.2) is 4.68 Å². The zero-order chi connectivity index (χ0) is 20.1. The Morgan fingerprint density at radius 1 is 1.11 bits per heavy atom. The summed E-state index contributed by atoms with van der Waals surface area (Å²) >= 11 is 1.29. The van der Waals surface area contributed by atoms with Crippen LogP contribution in [0.4, 0.5) is 5.13 Å². The highest BCUT2D eigenvalue weighted by atomic mass is 32.1. The van der Waals surface area contributed by atoms with E-state index in [1.165, 1.54) is 30.5 Å². The molecule has 0 spiro atoms. The van der Waals surface area contributed by atoms with Crippen molar-refractivity contribution in [1.82, 2.24) is 20.0 Å². The van der Waals surface area contributed by atoms with E-state index >= 15 is 0 Å². The van der Waals surface area contributed by atoms with Gasteiger partial charge in [0.2, 0.25) is 5.13 Å². The van der Waals surface area contributed by atoms with Crippen LogP contribution in [-0.4, -0.2) is 40.1 Å². The Bertz CT molecular complexity index is 1050. The van der Waals surface area contributed by atoms with Crippen molar-refractivity contribution in [2.75, 3.05) is 19.5 Å². The van der Waals surface area contributed by atoms with Gasteiger partial charge in [0.25, 0.3) is 11.5 Å². The summed E-state index contributed by atoms with van der Waals surface area (Å²) in [5.41, 5.74) is 0.918. The third-order valence-corrected chi connectivity index (χ3v) is 4.85. The van der Waals surface area contributed by atoms with Crippen molar-refractivity contribution in [2.45, 2.75) is 12.8 Å². The average molecular weight is 401 g/mol. The molecule has 1 amide bonds. The number of methoxy groups -OCH3 is 2. The highest BCUT2D eigenvalue weighted by molar-refractivity contribution is 7.15. The van der Waals surface area contributed by atoms with Crippen molar-refractivity contribution in [3.05, 3.63) is 57.0 Å². The molecule has 2 aromatic heterocycles. The lowest BCUT2D eigenvalue weighted by Crippen LogP contribution is -2.23. The molecule has 0 aliphatic carbocycles. The minimum absolute atomic E-state index is 0.129. The SMILES string of the molecule is COc1ccc(CCc2nnc(NC(=O)c3ccc(=O)n(C)n3)s2)cc1OC. The molecule has 0 saturated carbocycles. The van der Waals surface area contributed by atoms with Crippen LogP contribution < -0.4 is 20.3 Å². The largest absolute Gasteiger partial charge is 0.493 e. The molecule has 10 heteroatoms. The Morgan fingerprint density at radius 2 is 1.89 bits per heavy atom. The quantitative estimate of drug-likeness (QED) is 0.642. The first kappa shape index (κ1) is 19.5. The van der Waals surface area contributed by atoms with Crippen LogP contribution in [0.5, 0.6) is 11.5 Å². The molecule has 0 aliphatic heterocycles. The van der Waals surface area contributed by atoms with Gasteiger partial charge in [-0.1, -0.05) is 17.4 Å². The summed E-state index contributed by atoms with van der Waals surface area (Å²) in [7, 11) is 4.68. The number of aromatic nitrogens is 4. The van der Waals surface area contributed by atoms with E-state index in [1.807, 2.05) is 18.2 Å². The maximum atomic E-state index is 12.2. The van der Waals surface area contributed by atoms with Crippen LogP contribution in [0.15, 0.2) is 35.1 Å². The van der Waals surface area contributed by atoms with Crippen LogP contribution >= 0.6 is 11.3 Å². The molecule has 0 fully saturated rings. The molecule has 28 heavy (non-hydrogen) atoms. The van der Waals surface area contributed by atoms with Crippen LogP contribution in [0, 0.1) is 0 Å². The van der Waals surface area contributed by atoms with Crippen LogP contribution in [0.1, 0.15) is 21.1 Å². The molecule has 0 unspecified atom stereocenters. The summed E-state index contributed by atoms with van der Waals surface area (Å²) in [6.45, 7) is 0. The number of anilines is 1. The molecule has 9 nitrogen and oxygen atoms in total. The number of amides is 1. The zero-order valence-electron chi connectivity index (χ0n) is 15.6. The number of hydrogen-bond donors (Lipinski definition) is 1. The molecule has 0 atom stereocenters. The molecule has 0 radical (unpaired) electrons. The van der Waals surface area contributed by atoms with Gasteiger partial charge in [0.15, 0.2) is 11.5 Å². The smallest absolute Gasteiger partial charge is 0.277 e. The zero-order valence-corrected chi connectivity index (χ0v) is 16.4. The summed E-state index contributed by atoms with van der Waals surface area (Å²) in [6, 6.07) is 8.41. The fourth-order valence-corrected chi connectivity index (χ4v) is 3.21. The van der Waals surface area contributed by atoms with Gasteiger partial charge in [-0.2, -0.15) is 5.10 Å². The molecule has 1 N–H and O–H groups in total. The molecule has 3 rings (SSSR count).